The molecule has 0 radical (unpaired) electrons. The second-order valence-electron chi connectivity index (χ2n) is 5.91. The molecule has 2 aromatic rings. The number of esters is 1. The van der Waals surface area contributed by atoms with E-state index in [0.717, 1.165) is 5.56 Å². The number of benzene rings is 2. The average Bonchev–Trinajstić information content (AvgIpc) is 2.63. The van der Waals surface area contributed by atoms with E-state index in [0.29, 0.717) is 5.75 Å². The molecule has 0 fully saturated rings. The van der Waals surface area contributed by atoms with Gasteiger partial charge in [-0.3, -0.25) is 9.59 Å². The smallest absolute Gasteiger partial charge is 0.387 e. The van der Waals surface area contributed by atoms with Crippen LogP contribution in [0, 0.1) is 6.92 Å². The lowest BCUT2D eigenvalue weighted by atomic mass is 10.2. The number of carbonyl (C=O) groups excluding carboxylic acids is 2. The van der Waals surface area contributed by atoms with Crippen LogP contribution in [0.5, 0.6) is 11.5 Å². The summed E-state index contributed by atoms with van der Waals surface area (Å²) in [5, 5.41) is 2.40. The summed E-state index contributed by atoms with van der Waals surface area (Å²) in [4.78, 5) is 24.0. The summed E-state index contributed by atoms with van der Waals surface area (Å²) in [5.41, 5.74) is 1.08. The molecule has 2 rings (SSSR count). The van der Waals surface area contributed by atoms with Crippen molar-refractivity contribution in [2.75, 3.05) is 11.9 Å². The Morgan fingerprint density at radius 3 is 2.57 bits per heavy atom. The number of hydrogen-bond acceptors (Lipinski definition) is 5. The number of ether oxygens (including phenoxy) is 3. The van der Waals surface area contributed by atoms with Gasteiger partial charge in [-0.05, 0) is 43.7 Å². The average molecular weight is 393 g/mol. The number of amides is 1. The van der Waals surface area contributed by atoms with Crippen LogP contribution in [0.25, 0.3) is 0 Å². The second kappa shape index (κ2) is 10.2. The van der Waals surface area contributed by atoms with E-state index in [4.69, 9.17) is 9.47 Å². The molecule has 0 aliphatic heterocycles. The Morgan fingerprint density at radius 1 is 1.11 bits per heavy atom. The summed E-state index contributed by atoms with van der Waals surface area (Å²) in [6, 6.07) is 13.1. The fraction of sp³-hybridized carbons (Fsp3) is 0.300. The fourth-order valence-corrected chi connectivity index (χ4v) is 2.27. The SMILES string of the molecule is Cc1cccc(OCCC(=O)O[C@@H](C)C(=O)Nc2ccccc2OC(F)F)c1. The lowest BCUT2D eigenvalue weighted by Crippen LogP contribution is -2.30. The van der Waals surface area contributed by atoms with Crippen LogP contribution in [0.3, 0.4) is 0 Å². The van der Waals surface area contributed by atoms with Gasteiger partial charge in [0, 0.05) is 0 Å². The minimum Gasteiger partial charge on any atom is -0.493 e. The maximum absolute atomic E-state index is 12.4. The van der Waals surface area contributed by atoms with Gasteiger partial charge in [0.05, 0.1) is 18.7 Å². The predicted molar refractivity (Wildman–Crippen MR) is 98.5 cm³/mol. The van der Waals surface area contributed by atoms with Gasteiger partial charge in [0.25, 0.3) is 5.91 Å². The zero-order valence-electron chi connectivity index (χ0n) is 15.5. The van der Waals surface area contributed by atoms with Crippen LogP contribution >= 0.6 is 0 Å². The van der Waals surface area contributed by atoms with Crippen molar-refractivity contribution in [3.05, 3.63) is 54.1 Å². The molecule has 0 unspecified atom stereocenters. The summed E-state index contributed by atoms with van der Waals surface area (Å²) < 4.78 is 39.7. The number of aryl methyl sites for hydroxylation is 1. The van der Waals surface area contributed by atoms with Crippen molar-refractivity contribution < 1.29 is 32.6 Å². The van der Waals surface area contributed by atoms with Gasteiger partial charge in [0.2, 0.25) is 0 Å². The first-order valence-electron chi connectivity index (χ1n) is 8.59. The molecular weight excluding hydrogens is 372 g/mol. The highest BCUT2D eigenvalue weighted by molar-refractivity contribution is 5.96. The van der Waals surface area contributed by atoms with E-state index in [1.807, 2.05) is 25.1 Å². The summed E-state index contributed by atoms with van der Waals surface area (Å²) >= 11 is 0. The third-order valence-electron chi connectivity index (χ3n) is 3.60. The van der Waals surface area contributed by atoms with Gasteiger partial charge in [0.1, 0.15) is 11.5 Å². The molecular formula is C20H21F2NO5. The van der Waals surface area contributed by atoms with Crippen LogP contribution < -0.4 is 14.8 Å². The minimum atomic E-state index is -3.03. The minimum absolute atomic E-state index is 0.0450. The molecule has 0 aliphatic carbocycles. The second-order valence-corrected chi connectivity index (χ2v) is 5.91. The Balaban J connectivity index is 1.81. The lowest BCUT2D eigenvalue weighted by molar-refractivity contribution is -0.153. The molecule has 28 heavy (non-hydrogen) atoms. The van der Waals surface area contributed by atoms with Crippen molar-refractivity contribution in [2.24, 2.45) is 0 Å². The molecule has 0 saturated heterocycles. The summed E-state index contributed by atoms with van der Waals surface area (Å²) in [7, 11) is 0. The number of anilines is 1. The number of rotatable bonds is 9. The molecule has 1 amide bonds. The Bertz CT molecular complexity index is 813. The number of nitrogens with one attached hydrogen (secondary N) is 1. The van der Waals surface area contributed by atoms with Crippen molar-refractivity contribution in [3.63, 3.8) is 0 Å². The van der Waals surface area contributed by atoms with Crippen LogP contribution in [0.4, 0.5) is 14.5 Å². The summed E-state index contributed by atoms with van der Waals surface area (Å²) in [5.74, 6) is -0.837. The highest BCUT2D eigenvalue weighted by Crippen LogP contribution is 2.25. The zero-order valence-corrected chi connectivity index (χ0v) is 15.5. The molecule has 0 bridgehead atoms. The van der Waals surface area contributed by atoms with E-state index in [1.165, 1.54) is 25.1 Å². The third kappa shape index (κ3) is 6.86. The van der Waals surface area contributed by atoms with E-state index in [2.05, 4.69) is 10.1 Å². The Kier molecular flexibility index (Phi) is 7.74. The molecule has 8 heteroatoms. The van der Waals surface area contributed by atoms with Crippen molar-refractivity contribution in [3.8, 4) is 11.5 Å². The van der Waals surface area contributed by atoms with Crippen molar-refractivity contribution in [2.45, 2.75) is 33.0 Å². The van der Waals surface area contributed by atoms with Crippen molar-refractivity contribution in [1.82, 2.24) is 0 Å². The van der Waals surface area contributed by atoms with Crippen molar-refractivity contribution >= 4 is 17.6 Å². The van der Waals surface area contributed by atoms with Gasteiger partial charge in [-0.25, -0.2) is 0 Å². The Hall–Kier alpha value is -3.16. The Morgan fingerprint density at radius 2 is 1.86 bits per heavy atom. The van der Waals surface area contributed by atoms with Crippen molar-refractivity contribution in [1.29, 1.82) is 0 Å². The predicted octanol–water partition coefficient (Wildman–Crippen LogP) is 3.94. The fourth-order valence-electron chi connectivity index (χ4n) is 2.27. The lowest BCUT2D eigenvalue weighted by Gasteiger charge is -2.16. The molecule has 0 aromatic heterocycles. The maximum atomic E-state index is 12.4. The monoisotopic (exact) mass is 393 g/mol. The van der Waals surface area contributed by atoms with Gasteiger partial charge in [-0.2, -0.15) is 8.78 Å². The maximum Gasteiger partial charge on any atom is 0.387 e. The topological polar surface area (TPSA) is 73.9 Å². The number of carbonyl (C=O) groups is 2. The standard InChI is InChI=1S/C20H21F2NO5/c1-13-6-5-7-15(12-13)26-11-10-18(24)27-14(2)19(25)23-16-8-3-4-9-17(16)28-20(21)22/h3-9,12,14,20H,10-11H2,1-2H3,(H,23,25)/t14-/m0/s1. The molecule has 0 saturated carbocycles. The van der Waals surface area contributed by atoms with Crippen LogP contribution in [0.15, 0.2) is 48.5 Å². The van der Waals surface area contributed by atoms with Crippen LogP contribution in [-0.4, -0.2) is 31.2 Å². The largest absolute Gasteiger partial charge is 0.493 e. The summed E-state index contributed by atoms with van der Waals surface area (Å²) in [6.07, 6.45) is -1.16. The highest BCUT2D eigenvalue weighted by atomic mass is 19.3. The number of para-hydroxylation sites is 2. The molecule has 0 aliphatic rings. The molecule has 0 heterocycles. The van der Waals surface area contributed by atoms with Gasteiger partial charge in [-0.1, -0.05) is 24.3 Å². The molecule has 2 aromatic carbocycles. The van der Waals surface area contributed by atoms with E-state index >= 15 is 0 Å². The van der Waals surface area contributed by atoms with E-state index < -0.39 is 24.6 Å². The first kappa shape index (κ1) is 21.1. The number of alkyl halides is 2. The highest BCUT2D eigenvalue weighted by Gasteiger charge is 2.20. The molecule has 1 atom stereocenters. The van der Waals surface area contributed by atoms with Gasteiger partial charge >= 0.3 is 12.6 Å². The summed E-state index contributed by atoms with van der Waals surface area (Å²) in [6.45, 7) is 0.375. The van der Waals surface area contributed by atoms with E-state index in [9.17, 15) is 18.4 Å². The normalized spacial score (nSPS) is 11.6. The van der Waals surface area contributed by atoms with Gasteiger partial charge in [-0.15, -0.1) is 0 Å². The number of halogens is 2. The first-order valence-corrected chi connectivity index (χ1v) is 8.59. The third-order valence-corrected chi connectivity index (χ3v) is 3.60. The molecule has 6 nitrogen and oxygen atoms in total. The quantitative estimate of drug-likeness (QED) is 0.654. The molecule has 0 spiro atoms. The zero-order chi connectivity index (χ0) is 20.5. The molecule has 1 N–H and O–H groups in total. The Labute approximate surface area is 161 Å². The molecule has 150 valence electrons. The number of hydrogen-bond donors (Lipinski definition) is 1. The van der Waals surface area contributed by atoms with E-state index in [1.54, 1.807) is 12.1 Å². The van der Waals surface area contributed by atoms with Crippen LogP contribution in [0.1, 0.15) is 18.9 Å². The van der Waals surface area contributed by atoms with Crippen LogP contribution in [0.2, 0.25) is 0 Å². The van der Waals surface area contributed by atoms with Gasteiger partial charge in [0.15, 0.2) is 6.10 Å². The first-order chi connectivity index (χ1) is 13.3. The van der Waals surface area contributed by atoms with Crippen LogP contribution in [-0.2, 0) is 14.3 Å². The van der Waals surface area contributed by atoms with Gasteiger partial charge < -0.3 is 19.5 Å². The van der Waals surface area contributed by atoms with E-state index in [-0.39, 0.29) is 24.5 Å².